The van der Waals surface area contributed by atoms with Gasteiger partial charge in [-0.2, -0.15) is 0 Å². The Morgan fingerprint density at radius 3 is 2.14 bits per heavy atom. The first-order valence-corrected chi connectivity index (χ1v) is 12.2. The van der Waals surface area contributed by atoms with Crippen molar-refractivity contribution in [2.24, 2.45) is 0 Å². The minimum absolute atomic E-state index is 0.0562. The predicted octanol–water partition coefficient (Wildman–Crippen LogP) is 3.57. The molecule has 0 aliphatic heterocycles. The van der Waals surface area contributed by atoms with Gasteiger partial charge < -0.3 is 30.5 Å². The maximum absolute atomic E-state index is 13.8. The van der Waals surface area contributed by atoms with Crippen molar-refractivity contribution >= 4 is 17.9 Å². The van der Waals surface area contributed by atoms with Gasteiger partial charge in [0.05, 0.1) is 6.61 Å². The van der Waals surface area contributed by atoms with E-state index in [-0.39, 0.29) is 12.3 Å². The topological polar surface area (TPSA) is 128 Å². The molecule has 0 aliphatic rings. The summed E-state index contributed by atoms with van der Waals surface area (Å²) in [5.41, 5.74) is 0.175. The van der Waals surface area contributed by atoms with Crippen molar-refractivity contribution in [1.82, 2.24) is 15.5 Å². The van der Waals surface area contributed by atoms with Crippen LogP contribution in [-0.4, -0.2) is 56.8 Å². The van der Waals surface area contributed by atoms with Gasteiger partial charge in [-0.25, -0.2) is 4.79 Å². The molecular weight excluding hydrogens is 474 g/mol. The van der Waals surface area contributed by atoms with Gasteiger partial charge in [-0.1, -0.05) is 36.4 Å². The Morgan fingerprint density at radius 2 is 1.62 bits per heavy atom. The van der Waals surface area contributed by atoms with E-state index in [9.17, 15) is 24.6 Å². The van der Waals surface area contributed by atoms with Crippen LogP contribution >= 0.6 is 0 Å². The monoisotopic (exact) mass is 513 g/mol. The zero-order valence-corrected chi connectivity index (χ0v) is 22.7. The molecule has 202 valence electrons. The lowest BCUT2D eigenvalue weighted by Gasteiger charge is -2.43. The van der Waals surface area contributed by atoms with E-state index in [4.69, 9.17) is 4.74 Å². The lowest BCUT2D eigenvalue weighted by Crippen LogP contribution is -2.59. The van der Waals surface area contributed by atoms with Gasteiger partial charge >= 0.3 is 6.09 Å². The lowest BCUT2D eigenvalue weighted by atomic mass is 9.94. The van der Waals surface area contributed by atoms with Crippen molar-refractivity contribution in [2.45, 2.75) is 78.2 Å². The fraction of sp³-hybridized carbons (Fsp3) is 0.464. The van der Waals surface area contributed by atoms with E-state index >= 15 is 0 Å². The number of phenols is 1. The van der Waals surface area contributed by atoms with Crippen LogP contribution in [0.15, 0.2) is 48.5 Å². The molecule has 9 heteroatoms. The first-order chi connectivity index (χ1) is 17.1. The number of nitrogens with zero attached hydrogens (tertiary/aromatic N) is 1. The Balaban J connectivity index is 2.49. The molecule has 4 N–H and O–H groups in total. The molecule has 2 aromatic carbocycles. The number of nitrogens with one attached hydrogen (secondary N) is 2. The highest BCUT2D eigenvalue weighted by molar-refractivity contribution is 5.92. The summed E-state index contributed by atoms with van der Waals surface area (Å²) in [7, 11) is 0. The molecule has 0 fully saturated rings. The molecule has 3 amide bonds. The van der Waals surface area contributed by atoms with Crippen molar-refractivity contribution in [2.75, 3.05) is 6.61 Å². The van der Waals surface area contributed by atoms with Crippen LogP contribution in [0.2, 0.25) is 0 Å². The first kappa shape index (κ1) is 29.6. The number of aryl methyl sites for hydroxylation is 1. The second-order valence-corrected chi connectivity index (χ2v) is 10.9. The fourth-order valence-electron chi connectivity index (χ4n) is 3.80. The minimum atomic E-state index is -1.35. The number of carbonyl (C=O) groups is 3. The van der Waals surface area contributed by atoms with Crippen LogP contribution in [0, 0.1) is 6.92 Å². The van der Waals surface area contributed by atoms with Crippen LogP contribution in [0.1, 0.15) is 64.3 Å². The number of alkyl carbamates (subject to hydrolysis) is 1. The van der Waals surface area contributed by atoms with E-state index in [1.165, 1.54) is 11.0 Å². The number of carbonyl (C=O) groups excluding carboxylic acids is 3. The number of hydrogen-bond donors (Lipinski definition) is 4. The maximum Gasteiger partial charge on any atom is 0.408 e. The fourth-order valence-corrected chi connectivity index (χ4v) is 3.80. The molecule has 0 bridgehead atoms. The molecule has 0 aliphatic carbocycles. The Morgan fingerprint density at radius 1 is 1.00 bits per heavy atom. The molecule has 0 saturated heterocycles. The second kappa shape index (κ2) is 12.1. The minimum Gasteiger partial charge on any atom is -0.508 e. The Hall–Kier alpha value is -3.59. The summed E-state index contributed by atoms with van der Waals surface area (Å²) in [5, 5.41) is 25.4. The third-order valence-corrected chi connectivity index (χ3v) is 5.48. The lowest BCUT2D eigenvalue weighted by molar-refractivity contribution is -0.149. The van der Waals surface area contributed by atoms with Gasteiger partial charge in [0.25, 0.3) is 0 Å². The molecule has 0 heterocycles. The summed E-state index contributed by atoms with van der Waals surface area (Å²) in [6.07, 6.45) is -0.862. The second-order valence-electron chi connectivity index (χ2n) is 10.9. The van der Waals surface area contributed by atoms with Crippen molar-refractivity contribution in [1.29, 1.82) is 0 Å². The van der Waals surface area contributed by atoms with E-state index in [1.54, 1.807) is 60.6 Å². The van der Waals surface area contributed by atoms with Gasteiger partial charge in [0.1, 0.15) is 23.4 Å². The highest BCUT2D eigenvalue weighted by Gasteiger charge is 2.41. The molecule has 0 saturated carbocycles. The number of benzene rings is 2. The number of hydrogen-bond acceptors (Lipinski definition) is 6. The third-order valence-electron chi connectivity index (χ3n) is 5.48. The van der Waals surface area contributed by atoms with Crippen molar-refractivity contribution in [3.8, 4) is 5.75 Å². The number of aromatic hydroxyl groups is 1. The van der Waals surface area contributed by atoms with Gasteiger partial charge in [-0.3, -0.25) is 9.59 Å². The molecule has 9 nitrogen and oxygen atoms in total. The van der Waals surface area contributed by atoms with Crippen molar-refractivity contribution < 1.29 is 29.3 Å². The van der Waals surface area contributed by atoms with E-state index in [2.05, 4.69) is 10.6 Å². The molecule has 0 aromatic heterocycles. The summed E-state index contributed by atoms with van der Waals surface area (Å²) in [5.74, 6) is -1.06. The summed E-state index contributed by atoms with van der Waals surface area (Å²) in [6.45, 7) is 11.6. The van der Waals surface area contributed by atoms with Gasteiger partial charge in [0.2, 0.25) is 11.8 Å². The largest absolute Gasteiger partial charge is 0.508 e. The number of amides is 3. The molecule has 0 spiro atoms. The highest BCUT2D eigenvalue weighted by atomic mass is 16.6. The van der Waals surface area contributed by atoms with E-state index in [0.717, 1.165) is 5.56 Å². The van der Waals surface area contributed by atoms with Crippen molar-refractivity contribution in [3.05, 3.63) is 65.2 Å². The molecule has 2 unspecified atom stereocenters. The normalized spacial score (nSPS) is 13.3. The Kier molecular flexibility index (Phi) is 9.69. The average Bonchev–Trinajstić information content (AvgIpc) is 2.79. The number of aliphatic hydroxyl groups excluding tert-OH is 1. The van der Waals surface area contributed by atoms with Crippen LogP contribution in [-0.2, 0) is 20.9 Å². The Labute approximate surface area is 218 Å². The van der Waals surface area contributed by atoms with E-state index in [0.29, 0.717) is 11.1 Å². The molecule has 2 atom stereocenters. The number of rotatable bonds is 8. The zero-order valence-electron chi connectivity index (χ0n) is 22.7. The van der Waals surface area contributed by atoms with Gasteiger partial charge in [-0.15, -0.1) is 0 Å². The van der Waals surface area contributed by atoms with Gasteiger partial charge in [-0.05, 0) is 77.3 Å². The van der Waals surface area contributed by atoms with Crippen LogP contribution in [0.25, 0.3) is 0 Å². The van der Waals surface area contributed by atoms with Crippen LogP contribution in [0.3, 0.4) is 0 Å². The molecule has 37 heavy (non-hydrogen) atoms. The quantitative estimate of drug-likeness (QED) is 0.427. The van der Waals surface area contributed by atoms with Gasteiger partial charge in [0.15, 0.2) is 0 Å². The van der Waals surface area contributed by atoms with E-state index < -0.39 is 47.7 Å². The average molecular weight is 514 g/mol. The molecule has 0 radical (unpaired) electrons. The SMILES string of the molecule is Cc1cc(C(C(=O)NCc2ccccc2)N(C(=O)C(CO)NC(=O)OC(C)(C)C)C(C)(C)C)ccc1O. The highest BCUT2D eigenvalue weighted by Crippen LogP contribution is 2.32. The maximum atomic E-state index is 13.8. The standard InChI is InChI=1S/C28H39N3O6/c1-18-15-20(13-14-22(18)33)23(24(34)29-16-19-11-9-8-10-12-19)31(27(2,3)4)25(35)21(17-32)30-26(36)37-28(5,6)7/h8-15,21,23,32-33H,16-17H2,1-7H3,(H,29,34)(H,30,36). The van der Waals surface area contributed by atoms with Crippen LogP contribution in [0.4, 0.5) is 4.79 Å². The van der Waals surface area contributed by atoms with E-state index in [1.807, 2.05) is 30.3 Å². The zero-order chi connectivity index (χ0) is 28.0. The van der Waals surface area contributed by atoms with Crippen molar-refractivity contribution in [3.63, 3.8) is 0 Å². The number of phenolic OH excluding ortho intramolecular Hbond substituents is 1. The third kappa shape index (κ3) is 8.49. The summed E-state index contributed by atoms with van der Waals surface area (Å²) in [4.78, 5) is 41.3. The summed E-state index contributed by atoms with van der Waals surface area (Å²) < 4.78 is 5.26. The number of ether oxygens (including phenoxy) is 1. The first-order valence-electron chi connectivity index (χ1n) is 12.2. The summed E-state index contributed by atoms with van der Waals surface area (Å²) in [6, 6.07) is 11.6. The smallest absolute Gasteiger partial charge is 0.408 e. The Bertz CT molecular complexity index is 1090. The van der Waals surface area contributed by atoms with Crippen LogP contribution < -0.4 is 10.6 Å². The number of aliphatic hydroxyl groups is 1. The predicted molar refractivity (Wildman–Crippen MR) is 141 cm³/mol. The molecule has 2 aromatic rings. The van der Waals surface area contributed by atoms with Crippen LogP contribution in [0.5, 0.6) is 5.75 Å². The summed E-state index contributed by atoms with van der Waals surface area (Å²) >= 11 is 0. The molecular formula is C28H39N3O6. The van der Waals surface area contributed by atoms with Gasteiger partial charge in [0, 0.05) is 12.1 Å². The molecule has 2 rings (SSSR count).